The quantitative estimate of drug-likeness (QED) is 0.822. The van der Waals surface area contributed by atoms with E-state index in [1.165, 1.54) is 38.9 Å². The summed E-state index contributed by atoms with van der Waals surface area (Å²) in [5, 5.41) is 7.82. The van der Waals surface area contributed by atoms with Crippen molar-refractivity contribution in [2.24, 2.45) is 7.05 Å². The predicted octanol–water partition coefficient (Wildman–Crippen LogP) is 0.779. The minimum Gasteiger partial charge on any atom is -0.307 e. The molecule has 0 radical (unpaired) electrons. The minimum atomic E-state index is 0.631. The van der Waals surface area contributed by atoms with E-state index in [4.69, 9.17) is 0 Å². The van der Waals surface area contributed by atoms with Gasteiger partial charge in [-0.15, -0.1) is 0 Å². The van der Waals surface area contributed by atoms with Crippen molar-refractivity contribution < 1.29 is 0 Å². The van der Waals surface area contributed by atoms with Crippen molar-refractivity contribution in [3.63, 3.8) is 0 Å². The zero-order chi connectivity index (χ0) is 12.1. The van der Waals surface area contributed by atoms with Gasteiger partial charge in [-0.25, -0.2) is 4.98 Å². The lowest BCUT2D eigenvalue weighted by Crippen LogP contribution is -2.42. The standard InChI is InChI=1S/C12H23N5/c1-3-6-17-7-4-11(5-8-17)13-9-12-14-10-16(2)15-12/h10-11,13H,3-9H2,1-2H3. The second-order valence-corrected chi connectivity index (χ2v) is 4.83. The van der Waals surface area contributed by atoms with E-state index in [-0.39, 0.29) is 0 Å². The second kappa shape index (κ2) is 6.12. The molecule has 1 fully saturated rings. The molecule has 0 saturated carbocycles. The summed E-state index contributed by atoms with van der Waals surface area (Å²) in [6, 6.07) is 0.631. The zero-order valence-electron chi connectivity index (χ0n) is 10.9. The van der Waals surface area contributed by atoms with Gasteiger partial charge in [-0.2, -0.15) is 5.10 Å². The van der Waals surface area contributed by atoms with Crippen LogP contribution < -0.4 is 5.32 Å². The molecule has 1 aliphatic heterocycles. The van der Waals surface area contributed by atoms with Crippen molar-refractivity contribution in [1.29, 1.82) is 0 Å². The number of likely N-dealkylation sites (tertiary alicyclic amines) is 1. The maximum atomic E-state index is 4.27. The lowest BCUT2D eigenvalue weighted by atomic mass is 10.0. The molecule has 2 heterocycles. The third-order valence-corrected chi connectivity index (χ3v) is 3.32. The van der Waals surface area contributed by atoms with Gasteiger partial charge in [-0.3, -0.25) is 4.68 Å². The van der Waals surface area contributed by atoms with Crippen molar-refractivity contribution in [2.75, 3.05) is 19.6 Å². The number of nitrogens with zero attached hydrogens (tertiary/aromatic N) is 4. The van der Waals surface area contributed by atoms with Gasteiger partial charge in [-0.1, -0.05) is 6.92 Å². The zero-order valence-corrected chi connectivity index (χ0v) is 10.9. The first-order valence-corrected chi connectivity index (χ1v) is 6.58. The predicted molar refractivity (Wildman–Crippen MR) is 67.6 cm³/mol. The van der Waals surface area contributed by atoms with E-state index in [9.17, 15) is 0 Å². The highest BCUT2D eigenvalue weighted by molar-refractivity contribution is 4.84. The average Bonchev–Trinajstić information content (AvgIpc) is 2.75. The smallest absolute Gasteiger partial charge is 0.164 e. The number of rotatable bonds is 5. The minimum absolute atomic E-state index is 0.631. The van der Waals surface area contributed by atoms with Crippen molar-refractivity contribution in [3.8, 4) is 0 Å². The molecule has 0 aromatic carbocycles. The van der Waals surface area contributed by atoms with Crippen LogP contribution in [-0.4, -0.2) is 45.3 Å². The third kappa shape index (κ3) is 3.78. The van der Waals surface area contributed by atoms with Gasteiger partial charge in [0.05, 0.1) is 6.54 Å². The van der Waals surface area contributed by atoms with Crippen molar-refractivity contribution >= 4 is 0 Å². The summed E-state index contributed by atoms with van der Waals surface area (Å²) in [5.41, 5.74) is 0. The molecule has 5 heteroatoms. The van der Waals surface area contributed by atoms with Crippen molar-refractivity contribution in [3.05, 3.63) is 12.2 Å². The highest BCUT2D eigenvalue weighted by Crippen LogP contribution is 2.10. The van der Waals surface area contributed by atoms with E-state index in [0.717, 1.165) is 12.4 Å². The fraction of sp³-hybridized carbons (Fsp3) is 0.833. The molecule has 17 heavy (non-hydrogen) atoms. The van der Waals surface area contributed by atoms with E-state index in [0.29, 0.717) is 6.04 Å². The molecule has 0 unspecified atom stereocenters. The van der Waals surface area contributed by atoms with Gasteiger partial charge in [0.1, 0.15) is 6.33 Å². The summed E-state index contributed by atoms with van der Waals surface area (Å²) in [6.45, 7) is 6.73. The number of aryl methyl sites for hydroxylation is 1. The Hall–Kier alpha value is -0.940. The van der Waals surface area contributed by atoms with Gasteiger partial charge < -0.3 is 10.2 Å². The largest absolute Gasteiger partial charge is 0.307 e. The van der Waals surface area contributed by atoms with Gasteiger partial charge in [0, 0.05) is 13.1 Å². The van der Waals surface area contributed by atoms with Crippen molar-refractivity contribution in [1.82, 2.24) is 25.0 Å². The average molecular weight is 237 g/mol. The monoisotopic (exact) mass is 237 g/mol. The first-order chi connectivity index (χ1) is 8.28. The topological polar surface area (TPSA) is 46.0 Å². The van der Waals surface area contributed by atoms with Crippen LogP contribution in [0.15, 0.2) is 6.33 Å². The molecular formula is C12H23N5. The van der Waals surface area contributed by atoms with Gasteiger partial charge in [0.2, 0.25) is 0 Å². The number of hydrogen-bond donors (Lipinski definition) is 1. The molecule has 1 saturated heterocycles. The highest BCUT2D eigenvalue weighted by Gasteiger charge is 2.18. The molecule has 0 spiro atoms. The van der Waals surface area contributed by atoms with Gasteiger partial charge in [0.15, 0.2) is 5.82 Å². The van der Waals surface area contributed by atoms with Crippen LogP contribution in [0.2, 0.25) is 0 Å². The molecule has 1 aliphatic rings. The number of hydrogen-bond acceptors (Lipinski definition) is 4. The first kappa shape index (κ1) is 12.5. The first-order valence-electron chi connectivity index (χ1n) is 6.58. The SMILES string of the molecule is CCCN1CCC(NCc2ncn(C)n2)CC1. The Morgan fingerprint density at radius 2 is 2.18 bits per heavy atom. The van der Waals surface area contributed by atoms with E-state index in [1.54, 1.807) is 11.0 Å². The van der Waals surface area contributed by atoms with E-state index < -0.39 is 0 Å². The van der Waals surface area contributed by atoms with Gasteiger partial charge in [0.25, 0.3) is 0 Å². The Morgan fingerprint density at radius 1 is 1.41 bits per heavy atom. The van der Waals surface area contributed by atoms with Gasteiger partial charge >= 0.3 is 0 Å². The Balaban J connectivity index is 1.68. The molecular weight excluding hydrogens is 214 g/mol. The maximum Gasteiger partial charge on any atom is 0.164 e. The lowest BCUT2D eigenvalue weighted by molar-refractivity contribution is 0.197. The Bertz CT molecular complexity index is 327. The normalized spacial score (nSPS) is 18.7. The molecule has 2 rings (SSSR count). The van der Waals surface area contributed by atoms with Crippen LogP contribution in [0.4, 0.5) is 0 Å². The number of aromatic nitrogens is 3. The third-order valence-electron chi connectivity index (χ3n) is 3.32. The van der Waals surface area contributed by atoms with Crippen LogP contribution >= 0.6 is 0 Å². The number of piperidine rings is 1. The molecule has 0 amide bonds. The van der Waals surface area contributed by atoms with Crippen LogP contribution in [0.1, 0.15) is 32.0 Å². The molecule has 96 valence electrons. The molecule has 0 aliphatic carbocycles. The molecule has 1 N–H and O–H groups in total. The summed E-state index contributed by atoms with van der Waals surface area (Å²) in [5.74, 6) is 0.892. The van der Waals surface area contributed by atoms with Crippen molar-refractivity contribution in [2.45, 2.75) is 38.8 Å². The fourth-order valence-electron chi connectivity index (χ4n) is 2.38. The summed E-state index contributed by atoms with van der Waals surface area (Å²) >= 11 is 0. The summed E-state index contributed by atoms with van der Waals surface area (Å²) in [7, 11) is 1.90. The van der Waals surface area contributed by atoms with E-state index in [1.807, 2.05) is 7.05 Å². The lowest BCUT2D eigenvalue weighted by Gasteiger charge is -2.31. The Morgan fingerprint density at radius 3 is 2.76 bits per heavy atom. The maximum absolute atomic E-state index is 4.27. The van der Waals surface area contributed by atoms with Gasteiger partial charge in [-0.05, 0) is 38.9 Å². The fourth-order valence-corrected chi connectivity index (χ4v) is 2.38. The second-order valence-electron chi connectivity index (χ2n) is 4.83. The molecule has 0 bridgehead atoms. The molecule has 5 nitrogen and oxygen atoms in total. The van der Waals surface area contributed by atoms with Crippen LogP contribution in [0.5, 0.6) is 0 Å². The highest BCUT2D eigenvalue weighted by atomic mass is 15.3. The molecule has 0 atom stereocenters. The van der Waals surface area contributed by atoms with Crippen LogP contribution in [0.3, 0.4) is 0 Å². The van der Waals surface area contributed by atoms with E-state index in [2.05, 4.69) is 27.2 Å². The van der Waals surface area contributed by atoms with Crippen LogP contribution in [0.25, 0.3) is 0 Å². The Kier molecular flexibility index (Phi) is 4.50. The summed E-state index contributed by atoms with van der Waals surface area (Å²) < 4.78 is 1.75. The van der Waals surface area contributed by atoms with Crippen LogP contribution in [-0.2, 0) is 13.6 Å². The molecule has 1 aromatic rings. The summed E-state index contributed by atoms with van der Waals surface area (Å²) in [4.78, 5) is 6.78. The van der Waals surface area contributed by atoms with E-state index >= 15 is 0 Å². The number of nitrogens with one attached hydrogen (secondary N) is 1. The molecule has 1 aromatic heterocycles. The summed E-state index contributed by atoms with van der Waals surface area (Å²) in [6.07, 6.45) is 5.50. The Labute approximate surface area is 103 Å². The van der Waals surface area contributed by atoms with Crippen LogP contribution in [0, 0.1) is 0 Å².